The van der Waals surface area contributed by atoms with Crippen molar-refractivity contribution < 1.29 is 0 Å². The van der Waals surface area contributed by atoms with E-state index >= 15 is 0 Å². The number of imidazole rings is 1. The summed E-state index contributed by atoms with van der Waals surface area (Å²) >= 11 is 0. The first kappa shape index (κ1) is 13.6. The number of fused-ring (bicyclic) bond motifs is 3. The number of aromatic amines is 1. The number of aromatic nitrogens is 4. The number of hydrogen-bond donors (Lipinski definition) is 1. The molecule has 1 aliphatic rings. The van der Waals surface area contributed by atoms with Crippen molar-refractivity contribution in [3.63, 3.8) is 0 Å². The number of pyridine rings is 1. The summed E-state index contributed by atoms with van der Waals surface area (Å²) in [7, 11) is 0. The van der Waals surface area contributed by atoms with Gasteiger partial charge in [-0.1, -0.05) is 18.2 Å². The van der Waals surface area contributed by atoms with Gasteiger partial charge in [-0.25, -0.2) is 9.97 Å². The molecule has 4 aromatic rings. The topological polar surface area (TPSA) is 49.7 Å². The maximum Gasteiger partial charge on any atom is 0.139 e. The number of benzene rings is 1. The highest BCUT2D eigenvalue weighted by Crippen LogP contribution is 2.31. The van der Waals surface area contributed by atoms with E-state index in [0.717, 1.165) is 29.6 Å². The Morgan fingerprint density at radius 3 is 2.92 bits per heavy atom. The molecule has 0 radical (unpaired) electrons. The van der Waals surface area contributed by atoms with E-state index in [0.29, 0.717) is 6.04 Å². The molecule has 1 atom stereocenters. The molecule has 5 nitrogen and oxygen atoms in total. The summed E-state index contributed by atoms with van der Waals surface area (Å²) in [6, 6.07) is 13.2. The third kappa shape index (κ3) is 2.08. The molecular formula is C19H19N5. The van der Waals surface area contributed by atoms with Crippen molar-refractivity contribution in [3.8, 4) is 0 Å². The highest BCUT2D eigenvalue weighted by atomic mass is 15.2. The molecule has 1 aromatic carbocycles. The molecule has 0 amide bonds. The minimum atomic E-state index is 0.435. The first-order valence-corrected chi connectivity index (χ1v) is 8.49. The maximum absolute atomic E-state index is 4.59. The Morgan fingerprint density at radius 2 is 2.00 bits per heavy atom. The Bertz CT molecular complexity index is 985. The fraction of sp³-hybridized carbons (Fsp3) is 0.263. The molecule has 0 aliphatic carbocycles. The van der Waals surface area contributed by atoms with Gasteiger partial charge in [-0.15, -0.1) is 0 Å². The zero-order valence-electron chi connectivity index (χ0n) is 13.4. The van der Waals surface area contributed by atoms with Crippen LogP contribution in [0, 0.1) is 0 Å². The number of nitrogens with zero attached hydrogens (tertiary/aromatic N) is 4. The maximum atomic E-state index is 4.59. The molecule has 0 unspecified atom stereocenters. The van der Waals surface area contributed by atoms with Crippen LogP contribution < -0.4 is 4.90 Å². The van der Waals surface area contributed by atoms with Crippen molar-refractivity contribution >= 4 is 27.8 Å². The van der Waals surface area contributed by atoms with E-state index in [9.17, 15) is 0 Å². The van der Waals surface area contributed by atoms with Gasteiger partial charge in [0.05, 0.1) is 24.1 Å². The molecule has 0 bridgehead atoms. The largest absolute Gasteiger partial charge is 0.369 e. The summed E-state index contributed by atoms with van der Waals surface area (Å²) in [5, 5.41) is 1.15. The zero-order valence-corrected chi connectivity index (χ0v) is 13.4. The fourth-order valence-corrected chi connectivity index (χ4v) is 3.86. The monoisotopic (exact) mass is 317 g/mol. The molecule has 120 valence electrons. The van der Waals surface area contributed by atoms with E-state index in [1.165, 1.54) is 24.0 Å². The number of hydrogen-bond acceptors (Lipinski definition) is 3. The van der Waals surface area contributed by atoms with E-state index in [1.54, 1.807) is 0 Å². The van der Waals surface area contributed by atoms with Crippen LogP contribution in [-0.4, -0.2) is 32.6 Å². The summed E-state index contributed by atoms with van der Waals surface area (Å²) in [5.74, 6) is 0. The normalized spacial score (nSPS) is 18.5. The summed E-state index contributed by atoms with van der Waals surface area (Å²) in [4.78, 5) is 14.7. The first-order valence-electron chi connectivity index (χ1n) is 8.49. The second-order valence-electron chi connectivity index (χ2n) is 6.46. The molecule has 3 aromatic heterocycles. The Balaban J connectivity index is 1.56. The highest BCUT2D eigenvalue weighted by Gasteiger charge is 2.23. The fourth-order valence-electron chi connectivity index (χ4n) is 3.86. The minimum Gasteiger partial charge on any atom is -0.369 e. The Morgan fingerprint density at radius 1 is 1.08 bits per heavy atom. The van der Waals surface area contributed by atoms with Gasteiger partial charge in [0.15, 0.2) is 0 Å². The Labute approximate surface area is 139 Å². The molecule has 5 rings (SSSR count). The number of anilines is 1. The van der Waals surface area contributed by atoms with Gasteiger partial charge in [0.1, 0.15) is 11.2 Å². The van der Waals surface area contributed by atoms with E-state index in [1.807, 2.05) is 18.7 Å². The second-order valence-corrected chi connectivity index (χ2v) is 6.46. The van der Waals surface area contributed by atoms with Crippen molar-refractivity contribution in [1.82, 2.24) is 19.5 Å². The van der Waals surface area contributed by atoms with Gasteiger partial charge in [-0.2, -0.15) is 0 Å². The molecule has 1 saturated heterocycles. The second kappa shape index (κ2) is 5.37. The van der Waals surface area contributed by atoms with Gasteiger partial charge in [-0.05, 0) is 31.0 Å². The Kier molecular flexibility index (Phi) is 3.04. The van der Waals surface area contributed by atoms with Crippen LogP contribution in [0.5, 0.6) is 0 Å². The number of nitrogens with one attached hydrogen (secondary N) is 1. The van der Waals surface area contributed by atoms with E-state index in [-0.39, 0.29) is 0 Å². The molecule has 0 saturated carbocycles. The van der Waals surface area contributed by atoms with Crippen molar-refractivity contribution in [2.75, 3.05) is 18.0 Å². The molecule has 1 aliphatic heterocycles. The number of rotatable bonds is 2. The van der Waals surface area contributed by atoms with Crippen LogP contribution in [0.25, 0.3) is 22.1 Å². The van der Waals surface area contributed by atoms with E-state index in [2.05, 4.69) is 60.8 Å². The molecule has 5 heteroatoms. The van der Waals surface area contributed by atoms with E-state index in [4.69, 9.17) is 0 Å². The van der Waals surface area contributed by atoms with Crippen LogP contribution in [-0.2, 0) is 0 Å². The quantitative estimate of drug-likeness (QED) is 0.612. The molecule has 4 heterocycles. The third-order valence-corrected chi connectivity index (χ3v) is 5.03. The van der Waals surface area contributed by atoms with E-state index < -0.39 is 0 Å². The van der Waals surface area contributed by atoms with Gasteiger partial charge in [0, 0.05) is 30.4 Å². The molecule has 24 heavy (non-hydrogen) atoms. The van der Waals surface area contributed by atoms with Crippen LogP contribution in [0.15, 0.2) is 55.1 Å². The first-order chi connectivity index (χ1) is 11.9. The van der Waals surface area contributed by atoms with Gasteiger partial charge in [0.25, 0.3) is 0 Å². The molecular weight excluding hydrogens is 298 g/mol. The summed E-state index contributed by atoms with van der Waals surface area (Å²) in [6.45, 7) is 2.14. The molecule has 1 N–H and O–H groups in total. The van der Waals surface area contributed by atoms with Gasteiger partial charge >= 0.3 is 0 Å². The average Bonchev–Trinajstić information content (AvgIpc) is 3.28. The zero-order chi connectivity index (χ0) is 15.9. The van der Waals surface area contributed by atoms with Gasteiger partial charge < -0.3 is 14.5 Å². The Hall–Kier alpha value is -2.82. The third-order valence-electron chi connectivity index (χ3n) is 5.03. The lowest BCUT2D eigenvalue weighted by molar-refractivity contribution is 0.413. The summed E-state index contributed by atoms with van der Waals surface area (Å²) in [5.41, 5.74) is 4.40. The number of H-pyrrole nitrogens is 1. The standard InChI is InChI=1S/C19H19N5/c1-2-5-14(6-3-1)23-10-4-7-15(12-23)24-13-22-17-11-21-19-16(18(17)24)8-9-20-19/h1-3,5-6,8-9,11,13,15H,4,7,10,12H2,(H,20,21)/t15-/m1/s1. The molecule has 1 fully saturated rings. The number of para-hydroxylation sites is 1. The average molecular weight is 317 g/mol. The predicted molar refractivity (Wildman–Crippen MR) is 96.3 cm³/mol. The van der Waals surface area contributed by atoms with Gasteiger partial charge in [0.2, 0.25) is 0 Å². The number of piperidine rings is 1. The van der Waals surface area contributed by atoms with Crippen molar-refractivity contribution in [2.24, 2.45) is 0 Å². The minimum absolute atomic E-state index is 0.435. The lowest BCUT2D eigenvalue weighted by atomic mass is 10.0. The van der Waals surface area contributed by atoms with Crippen molar-refractivity contribution in [2.45, 2.75) is 18.9 Å². The summed E-state index contributed by atoms with van der Waals surface area (Å²) in [6.07, 6.45) is 8.18. The van der Waals surface area contributed by atoms with Crippen LogP contribution in [0.4, 0.5) is 5.69 Å². The summed E-state index contributed by atoms with van der Waals surface area (Å²) < 4.78 is 2.35. The van der Waals surface area contributed by atoms with Crippen molar-refractivity contribution in [1.29, 1.82) is 0 Å². The van der Waals surface area contributed by atoms with Crippen LogP contribution in [0.3, 0.4) is 0 Å². The predicted octanol–water partition coefficient (Wildman–Crippen LogP) is 3.75. The molecule has 0 spiro atoms. The van der Waals surface area contributed by atoms with Crippen LogP contribution in [0.1, 0.15) is 18.9 Å². The smallest absolute Gasteiger partial charge is 0.139 e. The lowest BCUT2D eigenvalue weighted by Gasteiger charge is -2.35. The lowest BCUT2D eigenvalue weighted by Crippen LogP contribution is -2.36. The van der Waals surface area contributed by atoms with Crippen LogP contribution >= 0.6 is 0 Å². The van der Waals surface area contributed by atoms with Crippen LogP contribution in [0.2, 0.25) is 0 Å². The van der Waals surface area contributed by atoms with Crippen molar-refractivity contribution in [3.05, 3.63) is 55.1 Å². The van der Waals surface area contributed by atoms with Gasteiger partial charge in [-0.3, -0.25) is 0 Å². The SMILES string of the molecule is c1ccc(N2CCC[C@@H](n3cnc4cnc5[nH]ccc5c43)C2)cc1. The highest BCUT2D eigenvalue weighted by molar-refractivity contribution is 6.00.